The fraction of sp³-hybridized carbons (Fsp3) is 0.400. The van der Waals surface area contributed by atoms with Crippen LogP contribution in [0.1, 0.15) is 44.0 Å². The number of aromatic nitrogens is 1. The molecule has 0 radical (unpaired) electrons. The molecule has 5 heteroatoms. The maximum absolute atomic E-state index is 9.68. The molecule has 0 saturated heterocycles. The summed E-state index contributed by atoms with van der Waals surface area (Å²) in [6, 6.07) is 7.69. The molecule has 130 valence electrons. The van der Waals surface area contributed by atoms with E-state index in [4.69, 9.17) is 28.9 Å². The number of fused-ring (bicyclic) bond motifs is 1. The molecule has 25 heavy (non-hydrogen) atoms. The molecule has 0 saturated carbocycles. The zero-order valence-electron chi connectivity index (χ0n) is 14.7. The quantitative estimate of drug-likeness (QED) is 0.700. The number of rotatable bonds is 1. The van der Waals surface area contributed by atoms with Gasteiger partial charge < -0.3 is 5.73 Å². The normalized spacial score (nSPS) is 17.0. The molecule has 0 bridgehead atoms. The monoisotopic (exact) mass is 373 g/mol. The van der Waals surface area contributed by atoms with Gasteiger partial charge in [-0.05, 0) is 53.9 Å². The van der Waals surface area contributed by atoms with Gasteiger partial charge in [0, 0.05) is 11.3 Å². The van der Waals surface area contributed by atoms with Crippen molar-refractivity contribution in [3.63, 3.8) is 0 Å². The molecule has 0 amide bonds. The van der Waals surface area contributed by atoms with Gasteiger partial charge >= 0.3 is 0 Å². The molecule has 1 aliphatic carbocycles. The van der Waals surface area contributed by atoms with Crippen molar-refractivity contribution in [2.24, 2.45) is 11.3 Å². The van der Waals surface area contributed by atoms with Crippen LogP contribution in [0.5, 0.6) is 0 Å². The van der Waals surface area contributed by atoms with Crippen LogP contribution in [0.25, 0.3) is 11.1 Å². The van der Waals surface area contributed by atoms with Crippen LogP contribution in [-0.2, 0) is 12.8 Å². The summed E-state index contributed by atoms with van der Waals surface area (Å²) in [6.45, 7) is 6.78. The van der Waals surface area contributed by atoms with Gasteiger partial charge in [0.25, 0.3) is 0 Å². The van der Waals surface area contributed by atoms with Crippen molar-refractivity contribution in [3.8, 4) is 17.2 Å². The molecule has 1 atom stereocenters. The summed E-state index contributed by atoms with van der Waals surface area (Å²) >= 11 is 12.3. The van der Waals surface area contributed by atoms with Crippen LogP contribution in [0.4, 0.5) is 5.82 Å². The van der Waals surface area contributed by atoms with Crippen LogP contribution < -0.4 is 5.73 Å². The van der Waals surface area contributed by atoms with Crippen molar-refractivity contribution in [1.29, 1.82) is 5.26 Å². The molecule has 3 rings (SSSR count). The Balaban J connectivity index is 2.25. The number of halogens is 2. The Bertz CT molecular complexity index is 876. The van der Waals surface area contributed by atoms with Gasteiger partial charge in [0.1, 0.15) is 17.5 Å². The standard InChI is InChI=1S/C20H21Cl2N3/c1-20(2,3)12-5-7-17-13(9-12)18(14(10-23)19(24)25-17)11-4-6-15(21)16(22)8-11/h4,6,8,12H,5,7,9H2,1-3H3,(H2,24,25). The number of pyridine rings is 1. The number of nitriles is 1. The predicted octanol–water partition coefficient (Wildman–Crippen LogP) is 5.66. The molecular weight excluding hydrogens is 353 g/mol. The van der Waals surface area contributed by atoms with Gasteiger partial charge in [0.05, 0.1) is 10.0 Å². The summed E-state index contributed by atoms with van der Waals surface area (Å²) in [5.74, 6) is 0.815. The van der Waals surface area contributed by atoms with Crippen LogP contribution in [0.15, 0.2) is 18.2 Å². The Hall–Kier alpha value is -1.76. The number of anilines is 1. The molecule has 0 aliphatic heterocycles. The van der Waals surface area contributed by atoms with Gasteiger partial charge in [-0.3, -0.25) is 0 Å². The van der Waals surface area contributed by atoms with Gasteiger partial charge in [-0.1, -0.05) is 50.0 Å². The molecule has 1 heterocycles. The number of nitrogen functional groups attached to an aromatic ring is 1. The average Bonchev–Trinajstić information content (AvgIpc) is 2.55. The maximum Gasteiger partial charge on any atom is 0.142 e. The molecule has 1 unspecified atom stereocenters. The molecule has 2 aromatic rings. The van der Waals surface area contributed by atoms with E-state index in [0.717, 1.165) is 41.6 Å². The second kappa shape index (κ2) is 6.52. The molecule has 1 aromatic heterocycles. The Kier molecular flexibility index (Phi) is 4.70. The molecular formula is C20H21Cl2N3. The van der Waals surface area contributed by atoms with Crippen molar-refractivity contribution in [3.05, 3.63) is 45.1 Å². The summed E-state index contributed by atoms with van der Waals surface area (Å²) in [7, 11) is 0. The molecule has 1 aromatic carbocycles. The van der Waals surface area contributed by atoms with Crippen molar-refractivity contribution in [2.75, 3.05) is 5.73 Å². The van der Waals surface area contributed by atoms with E-state index < -0.39 is 0 Å². The summed E-state index contributed by atoms with van der Waals surface area (Å²) < 4.78 is 0. The first-order valence-corrected chi connectivity index (χ1v) is 9.14. The first kappa shape index (κ1) is 18.0. The first-order chi connectivity index (χ1) is 11.7. The molecule has 0 fully saturated rings. The van der Waals surface area contributed by atoms with Crippen LogP contribution in [0.2, 0.25) is 10.0 Å². The highest BCUT2D eigenvalue weighted by atomic mass is 35.5. The Morgan fingerprint density at radius 1 is 1.24 bits per heavy atom. The zero-order valence-corrected chi connectivity index (χ0v) is 16.2. The van der Waals surface area contributed by atoms with Crippen LogP contribution in [0, 0.1) is 22.7 Å². The van der Waals surface area contributed by atoms with E-state index >= 15 is 0 Å². The van der Waals surface area contributed by atoms with Gasteiger partial charge in [-0.15, -0.1) is 0 Å². The maximum atomic E-state index is 9.68. The van der Waals surface area contributed by atoms with Crippen LogP contribution in [-0.4, -0.2) is 4.98 Å². The highest BCUT2D eigenvalue weighted by molar-refractivity contribution is 6.42. The lowest BCUT2D eigenvalue weighted by atomic mass is 9.70. The van der Waals surface area contributed by atoms with E-state index in [0.29, 0.717) is 21.5 Å². The van der Waals surface area contributed by atoms with Gasteiger partial charge in [-0.2, -0.15) is 5.26 Å². The van der Waals surface area contributed by atoms with E-state index in [-0.39, 0.29) is 11.2 Å². The highest BCUT2D eigenvalue weighted by Crippen LogP contribution is 2.43. The van der Waals surface area contributed by atoms with Crippen LogP contribution in [0.3, 0.4) is 0 Å². The number of aryl methyl sites for hydroxylation is 1. The number of hydrogen-bond acceptors (Lipinski definition) is 3. The SMILES string of the molecule is CC(C)(C)C1CCc2nc(N)c(C#N)c(-c3ccc(Cl)c(Cl)c3)c2C1. The fourth-order valence-corrected chi connectivity index (χ4v) is 3.90. The van der Waals surface area contributed by atoms with E-state index in [2.05, 4.69) is 31.8 Å². The third kappa shape index (κ3) is 3.34. The molecule has 2 N–H and O–H groups in total. The first-order valence-electron chi connectivity index (χ1n) is 8.39. The van der Waals surface area contributed by atoms with E-state index in [1.54, 1.807) is 12.1 Å². The minimum absolute atomic E-state index is 0.195. The van der Waals surface area contributed by atoms with Crippen molar-refractivity contribution in [1.82, 2.24) is 4.98 Å². The van der Waals surface area contributed by atoms with E-state index in [1.807, 2.05) is 6.07 Å². The van der Waals surface area contributed by atoms with Crippen LogP contribution >= 0.6 is 23.2 Å². The second-order valence-corrected chi connectivity index (χ2v) is 8.53. The Morgan fingerprint density at radius 3 is 2.56 bits per heavy atom. The van der Waals surface area contributed by atoms with Crippen molar-refractivity contribution >= 4 is 29.0 Å². The van der Waals surface area contributed by atoms with Crippen molar-refractivity contribution in [2.45, 2.75) is 40.0 Å². The number of hydrogen-bond donors (Lipinski definition) is 1. The molecule has 3 nitrogen and oxygen atoms in total. The predicted molar refractivity (Wildman–Crippen MR) is 104 cm³/mol. The van der Waals surface area contributed by atoms with Gasteiger partial charge in [0.15, 0.2) is 0 Å². The van der Waals surface area contributed by atoms with Gasteiger partial charge in [0.2, 0.25) is 0 Å². The smallest absolute Gasteiger partial charge is 0.142 e. The van der Waals surface area contributed by atoms with E-state index in [1.165, 1.54) is 0 Å². The highest BCUT2D eigenvalue weighted by Gasteiger charge is 2.32. The topological polar surface area (TPSA) is 62.7 Å². The summed E-state index contributed by atoms with van der Waals surface area (Å²) in [5.41, 5.74) is 10.6. The van der Waals surface area contributed by atoms with Crippen molar-refractivity contribution < 1.29 is 0 Å². The Morgan fingerprint density at radius 2 is 1.96 bits per heavy atom. The minimum Gasteiger partial charge on any atom is -0.383 e. The largest absolute Gasteiger partial charge is 0.383 e. The lowest BCUT2D eigenvalue weighted by Crippen LogP contribution is -2.28. The number of benzene rings is 1. The van der Waals surface area contributed by atoms with Gasteiger partial charge in [-0.25, -0.2) is 4.98 Å². The summed E-state index contributed by atoms with van der Waals surface area (Å²) in [5, 5.41) is 10.6. The third-order valence-corrected chi connectivity index (χ3v) is 5.88. The molecule has 1 aliphatic rings. The third-order valence-electron chi connectivity index (χ3n) is 5.14. The van der Waals surface area contributed by atoms with E-state index in [9.17, 15) is 5.26 Å². The zero-order chi connectivity index (χ0) is 18.4. The fourth-order valence-electron chi connectivity index (χ4n) is 3.60. The molecule has 0 spiro atoms. The Labute approximate surface area is 158 Å². The summed E-state index contributed by atoms with van der Waals surface area (Å²) in [4.78, 5) is 4.52. The second-order valence-electron chi connectivity index (χ2n) is 7.72. The average molecular weight is 374 g/mol. The lowest BCUT2D eigenvalue weighted by Gasteiger charge is -2.35. The number of nitrogens with zero attached hydrogens (tertiary/aromatic N) is 2. The lowest BCUT2D eigenvalue weighted by molar-refractivity contribution is 0.215. The number of nitrogens with two attached hydrogens (primary N) is 1. The minimum atomic E-state index is 0.195. The summed E-state index contributed by atoms with van der Waals surface area (Å²) in [6.07, 6.45) is 2.84.